The molecule has 0 heterocycles. The molecule has 3 N–H and O–H groups in total. The molecule has 0 aromatic rings. The van der Waals surface area contributed by atoms with Crippen molar-refractivity contribution in [3.63, 3.8) is 0 Å². The first-order valence-electron chi connectivity index (χ1n) is 4.75. The van der Waals surface area contributed by atoms with Gasteiger partial charge in [0.1, 0.15) is 5.25 Å². The Kier molecular flexibility index (Phi) is 4.30. The summed E-state index contributed by atoms with van der Waals surface area (Å²) < 4.78 is 22.3. The van der Waals surface area contributed by atoms with Gasteiger partial charge in [-0.1, -0.05) is 0 Å². The molecule has 0 aliphatic carbocycles. The first kappa shape index (κ1) is 14.4. The SMILES string of the molecule is CC(N)C(C)(C)NC(=O)C(C)S(C)(=O)=O. The third kappa shape index (κ3) is 4.17. The first-order chi connectivity index (χ1) is 6.48. The number of nitrogens with two attached hydrogens (primary N) is 1. The maximum absolute atomic E-state index is 11.6. The molecule has 0 saturated carbocycles. The van der Waals surface area contributed by atoms with Crippen LogP contribution in [0.2, 0.25) is 0 Å². The van der Waals surface area contributed by atoms with E-state index in [1.54, 1.807) is 20.8 Å². The number of rotatable bonds is 4. The van der Waals surface area contributed by atoms with E-state index in [0.717, 1.165) is 6.26 Å². The Hall–Kier alpha value is -0.620. The quantitative estimate of drug-likeness (QED) is 0.699. The molecule has 0 radical (unpaired) electrons. The Balaban J connectivity index is 4.66. The van der Waals surface area contributed by atoms with Crippen molar-refractivity contribution in [3.8, 4) is 0 Å². The van der Waals surface area contributed by atoms with Gasteiger partial charge in [-0.2, -0.15) is 0 Å². The summed E-state index contributed by atoms with van der Waals surface area (Å²) in [6, 6.07) is -0.256. The molecule has 0 saturated heterocycles. The first-order valence-corrected chi connectivity index (χ1v) is 6.70. The average Bonchev–Trinajstić information content (AvgIpc) is 2.00. The van der Waals surface area contributed by atoms with Crippen molar-refractivity contribution in [2.75, 3.05) is 6.26 Å². The van der Waals surface area contributed by atoms with Crippen molar-refractivity contribution in [3.05, 3.63) is 0 Å². The van der Waals surface area contributed by atoms with Crippen LogP contribution in [0.4, 0.5) is 0 Å². The molecule has 0 aliphatic rings. The number of amides is 1. The molecular weight excluding hydrogens is 216 g/mol. The fraction of sp³-hybridized carbons (Fsp3) is 0.889. The van der Waals surface area contributed by atoms with E-state index in [4.69, 9.17) is 5.73 Å². The van der Waals surface area contributed by atoms with Crippen molar-refractivity contribution in [1.82, 2.24) is 5.32 Å². The molecule has 2 atom stereocenters. The second-order valence-corrected chi connectivity index (χ2v) is 6.84. The van der Waals surface area contributed by atoms with Gasteiger partial charge in [-0.15, -0.1) is 0 Å². The van der Waals surface area contributed by atoms with Gasteiger partial charge in [0, 0.05) is 17.8 Å². The van der Waals surface area contributed by atoms with E-state index >= 15 is 0 Å². The van der Waals surface area contributed by atoms with Crippen molar-refractivity contribution >= 4 is 15.7 Å². The molecule has 15 heavy (non-hydrogen) atoms. The molecule has 6 heteroatoms. The molecule has 90 valence electrons. The van der Waals surface area contributed by atoms with Gasteiger partial charge in [-0.3, -0.25) is 4.79 Å². The van der Waals surface area contributed by atoms with Crippen LogP contribution in [-0.2, 0) is 14.6 Å². The molecule has 0 aromatic heterocycles. The Morgan fingerprint density at radius 1 is 1.33 bits per heavy atom. The standard InChI is InChI=1S/C9H20N2O3S/c1-6(15(5,13)14)8(12)11-9(3,4)7(2)10/h6-7H,10H2,1-5H3,(H,11,12). The van der Waals surface area contributed by atoms with Crippen LogP contribution in [0, 0.1) is 0 Å². The normalized spacial score (nSPS) is 16.9. The van der Waals surface area contributed by atoms with Crippen LogP contribution in [0.15, 0.2) is 0 Å². The van der Waals surface area contributed by atoms with E-state index in [9.17, 15) is 13.2 Å². The van der Waals surface area contributed by atoms with Gasteiger partial charge in [0.25, 0.3) is 0 Å². The van der Waals surface area contributed by atoms with Crippen LogP contribution >= 0.6 is 0 Å². The largest absolute Gasteiger partial charge is 0.349 e. The lowest BCUT2D eigenvalue weighted by molar-refractivity contribution is -0.122. The summed E-state index contributed by atoms with van der Waals surface area (Å²) in [7, 11) is -3.35. The van der Waals surface area contributed by atoms with E-state index in [1.165, 1.54) is 6.92 Å². The number of hydrogen-bond donors (Lipinski definition) is 2. The molecule has 0 aromatic carbocycles. The lowest BCUT2D eigenvalue weighted by Crippen LogP contribution is -2.57. The monoisotopic (exact) mass is 236 g/mol. The summed E-state index contributed by atoms with van der Waals surface area (Å²) in [6.07, 6.45) is 1.04. The Labute approximate surface area is 91.3 Å². The summed E-state index contributed by atoms with van der Waals surface area (Å²) in [5, 5.41) is 1.57. The van der Waals surface area contributed by atoms with Gasteiger partial charge in [0.15, 0.2) is 9.84 Å². The van der Waals surface area contributed by atoms with E-state index in [1.807, 2.05) is 0 Å². The minimum Gasteiger partial charge on any atom is -0.349 e. The number of carbonyl (C=O) groups excluding carboxylic acids is 1. The molecule has 0 aliphatic heterocycles. The summed E-state index contributed by atoms with van der Waals surface area (Å²) >= 11 is 0. The van der Waals surface area contributed by atoms with Crippen LogP contribution in [0.1, 0.15) is 27.7 Å². The maximum Gasteiger partial charge on any atom is 0.238 e. The van der Waals surface area contributed by atoms with Gasteiger partial charge in [-0.25, -0.2) is 8.42 Å². The highest BCUT2D eigenvalue weighted by molar-refractivity contribution is 7.92. The second-order valence-electron chi connectivity index (χ2n) is 4.47. The minimum atomic E-state index is -3.35. The van der Waals surface area contributed by atoms with Crippen LogP contribution in [-0.4, -0.2) is 37.4 Å². The van der Waals surface area contributed by atoms with Crippen LogP contribution in [0.3, 0.4) is 0 Å². The zero-order valence-electron chi connectivity index (χ0n) is 9.87. The summed E-state index contributed by atoms with van der Waals surface area (Å²) in [6.45, 7) is 6.63. The molecule has 0 spiro atoms. The number of carbonyl (C=O) groups is 1. The van der Waals surface area contributed by atoms with Gasteiger partial charge >= 0.3 is 0 Å². The van der Waals surface area contributed by atoms with Crippen LogP contribution in [0.25, 0.3) is 0 Å². The zero-order chi connectivity index (χ0) is 12.4. The predicted octanol–water partition coefficient (Wildman–Crippen LogP) is -0.338. The maximum atomic E-state index is 11.6. The third-order valence-electron chi connectivity index (χ3n) is 2.60. The predicted molar refractivity (Wildman–Crippen MR) is 60.2 cm³/mol. The van der Waals surface area contributed by atoms with Crippen molar-refractivity contribution in [1.29, 1.82) is 0 Å². The Morgan fingerprint density at radius 3 is 2.00 bits per heavy atom. The number of nitrogens with one attached hydrogen (secondary N) is 1. The van der Waals surface area contributed by atoms with Crippen molar-refractivity contribution in [2.24, 2.45) is 5.73 Å². The lowest BCUT2D eigenvalue weighted by Gasteiger charge is -2.31. The molecule has 0 rings (SSSR count). The topological polar surface area (TPSA) is 89.3 Å². The lowest BCUT2D eigenvalue weighted by atomic mass is 9.97. The van der Waals surface area contributed by atoms with Crippen molar-refractivity contribution in [2.45, 2.75) is 44.5 Å². The van der Waals surface area contributed by atoms with Gasteiger partial charge in [-0.05, 0) is 27.7 Å². The average molecular weight is 236 g/mol. The summed E-state index contributed by atoms with van der Waals surface area (Å²) in [5.74, 6) is -0.514. The molecule has 1 amide bonds. The van der Waals surface area contributed by atoms with Gasteiger partial charge < -0.3 is 11.1 Å². The minimum absolute atomic E-state index is 0.256. The molecule has 5 nitrogen and oxygen atoms in total. The van der Waals surface area contributed by atoms with E-state index in [0.29, 0.717) is 0 Å². The highest BCUT2D eigenvalue weighted by Gasteiger charge is 2.30. The van der Waals surface area contributed by atoms with Gasteiger partial charge in [0.2, 0.25) is 5.91 Å². The Bertz CT molecular complexity index is 333. The number of sulfone groups is 1. The van der Waals surface area contributed by atoms with E-state index < -0.39 is 26.5 Å². The highest BCUT2D eigenvalue weighted by atomic mass is 32.2. The van der Waals surface area contributed by atoms with Gasteiger partial charge in [0.05, 0.1) is 0 Å². The Morgan fingerprint density at radius 2 is 1.73 bits per heavy atom. The number of hydrogen-bond acceptors (Lipinski definition) is 4. The molecule has 0 fully saturated rings. The van der Waals surface area contributed by atoms with E-state index in [2.05, 4.69) is 5.32 Å². The summed E-state index contributed by atoms with van der Waals surface area (Å²) in [4.78, 5) is 11.6. The molecule has 0 bridgehead atoms. The van der Waals surface area contributed by atoms with E-state index in [-0.39, 0.29) is 6.04 Å². The van der Waals surface area contributed by atoms with Crippen LogP contribution < -0.4 is 11.1 Å². The fourth-order valence-corrected chi connectivity index (χ4v) is 1.18. The van der Waals surface area contributed by atoms with Crippen LogP contribution in [0.5, 0.6) is 0 Å². The summed E-state index contributed by atoms with van der Waals surface area (Å²) in [5.41, 5.74) is 5.05. The smallest absolute Gasteiger partial charge is 0.238 e. The fourth-order valence-electron chi connectivity index (χ4n) is 0.727. The third-order valence-corrected chi connectivity index (χ3v) is 4.09. The molecular formula is C9H20N2O3S. The highest BCUT2D eigenvalue weighted by Crippen LogP contribution is 2.08. The zero-order valence-corrected chi connectivity index (χ0v) is 10.7. The molecule has 2 unspecified atom stereocenters. The van der Waals surface area contributed by atoms with Crippen molar-refractivity contribution < 1.29 is 13.2 Å². The second kappa shape index (κ2) is 4.49.